The third kappa shape index (κ3) is 6.10. The van der Waals surface area contributed by atoms with E-state index in [0.717, 1.165) is 22.5 Å². The monoisotopic (exact) mass is 597 g/mol. The van der Waals surface area contributed by atoms with Crippen LogP contribution in [-0.2, 0) is 21.0 Å². The number of carbonyl (C=O) groups is 1. The average Bonchev–Trinajstić information content (AvgIpc) is 2.87. The van der Waals surface area contributed by atoms with Gasteiger partial charge < -0.3 is 9.84 Å². The number of aliphatic carboxylic acids is 1. The molecule has 0 aromatic heterocycles. The molecule has 1 unspecified atom stereocenters. The highest BCUT2D eigenvalue weighted by Crippen LogP contribution is 2.41. The number of fused-ring (bicyclic) bond motifs is 1. The van der Waals surface area contributed by atoms with Crippen molar-refractivity contribution in [2.45, 2.75) is 43.9 Å². The first-order valence-electron chi connectivity index (χ1n) is 12.0. The second kappa shape index (κ2) is 11.1. The highest BCUT2D eigenvalue weighted by atomic mass is 35.5. The summed E-state index contributed by atoms with van der Waals surface area (Å²) in [5, 5.41) is 9.29. The number of allylic oxidation sites excluding steroid dienone is 1. The van der Waals surface area contributed by atoms with E-state index in [1.54, 1.807) is 26.0 Å². The molecule has 0 saturated carbocycles. The van der Waals surface area contributed by atoms with Crippen molar-refractivity contribution in [2.75, 3.05) is 10.8 Å². The summed E-state index contributed by atoms with van der Waals surface area (Å²) >= 11 is 6.20. The van der Waals surface area contributed by atoms with Crippen molar-refractivity contribution in [1.29, 1.82) is 0 Å². The number of anilines is 1. The van der Waals surface area contributed by atoms with Crippen molar-refractivity contribution >= 4 is 44.9 Å². The lowest BCUT2D eigenvalue weighted by molar-refractivity contribution is -0.138. The van der Waals surface area contributed by atoms with Crippen LogP contribution >= 0.6 is 11.6 Å². The van der Waals surface area contributed by atoms with Crippen molar-refractivity contribution < 1.29 is 40.6 Å². The molecule has 212 valence electrons. The van der Waals surface area contributed by atoms with E-state index < -0.39 is 44.5 Å². The lowest BCUT2D eigenvalue weighted by Gasteiger charge is -2.36. The zero-order chi connectivity index (χ0) is 29.4. The maximum atomic E-state index is 14.5. The molecule has 3 aromatic carbocycles. The molecule has 0 fully saturated rings. The molecule has 0 aliphatic carbocycles. The van der Waals surface area contributed by atoms with Crippen molar-refractivity contribution in [3.05, 3.63) is 87.7 Å². The van der Waals surface area contributed by atoms with Crippen molar-refractivity contribution in [2.24, 2.45) is 0 Å². The predicted octanol–water partition coefficient (Wildman–Crippen LogP) is 7.19. The van der Waals surface area contributed by atoms with Gasteiger partial charge in [-0.25, -0.2) is 12.8 Å². The largest absolute Gasteiger partial charge is 0.486 e. The van der Waals surface area contributed by atoms with Gasteiger partial charge in [-0.2, -0.15) is 13.2 Å². The van der Waals surface area contributed by atoms with Crippen LogP contribution in [-0.4, -0.2) is 32.1 Å². The van der Waals surface area contributed by atoms with Crippen molar-refractivity contribution in [1.82, 2.24) is 0 Å². The van der Waals surface area contributed by atoms with E-state index in [-0.39, 0.29) is 41.4 Å². The normalized spacial score (nSPS) is 15.9. The van der Waals surface area contributed by atoms with Gasteiger partial charge in [-0.3, -0.25) is 9.10 Å². The Bertz CT molecular complexity index is 1580. The number of carboxylic acid groups (broad SMARTS) is 1. The molecule has 0 spiro atoms. The SMILES string of the molecule is CC(=Cc1cc2c(cc1C)OC(CCC(=O)O)CN2S(=O)(=O)c1cccc(C(F)(F)F)c1)c1c(F)cccc1Cl. The second-order valence-electron chi connectivity index (χ2n) is 9.33. The number of carboxylic acids is 1. The fraction of sp³-hybridized carbons (Fsp3) is 0.250. The quantitative estimate of drug-likeness (QED) is 0.230. The van der Waals surface area contributed by atoms with Crippen LogP contribution in [0.25, 0.3) is 11.6 Å². The van der Waals surface area contributed by atoms with Crippen molar-refractivity contribution in [3.8, 4) is 5.75 Å². The van der Waals surface area contributed by atoms with Gasteiger partial charge >= 0.3 is 12.1 Å². The summed E-state index contributed by atoms with van der Waals surface area (Å²) in [4.78, 5) is 10.6. The molecule has 1 atom stereocenters. The number of alkyl halides is 3. The first kappa shape index (κ1) is 29.4. The third-order valence-electron chi connectivity index (χ3n) is 6.44. The molecule has 1 heterocycles. The van der Waals surface area contributed by atoms with Gasteiger partial charge in [0.15, 0.2) is 0 Å². The molecule has 12 heteroatoms. The van der Waals surface area contributed by atoms with Gasteiger partial charge in [0.1, 0.15) is 17.7 Å². The molecule has 1 N–H and O–H groups in total. The van der Waals surface area contributed by atoms with Gasteiger partial charge in [-0.1, -0.05) is 29.8 Å². The molecular weight excluding hydrogens is 574 g/mol. The first-order chi connectivity index (χ1) is 18.7. The minimum atomic E-state index is -4.76. The Morgan fingerprint density at radius 2 is 1.88 bits per heavy atom. The van der Waals surface area contributed by atoms with Gasteiger partial charge in [0.25, 0.3) is 10.0 Å². The lowest BCUT2D eigenvalue weighted by atomic mass is 9.99. The summed E-state index contributed by atoms with van der Waals surface area (Å²) in [6.45, 7) is 3.03. The zero-order valence-corrected chi connectivity index (χ0v) is 22.9. The fourth-order valence-electron chi connectivity index (χ4n) is 4.43. The Labute approximate surface area is 233 Å². The molecule has 40 heavy (non-hydrogen) atoms. The molecule has 3 aromatic rings. The first-order valence-corrected chi connectivity index (χ1v) is 13.9. The molecule has 0 saturated heterocycles. The van der Waals surface area contributed by atoms with Gasteiger partial charge in [-0.05, 0) is 79.4 Å². The number of sulfonamides is 1. The van der Waals surface area contributed by atoms with Gasteiger partial charge in [0.2, 0.25) is 0 Å². The maximum absolute atomic E-state index is 14.5. The predicted molar refractivity (Wildman–Crippen MR) is 143 cm³/mol. The maximum Gasteiger partial charge on any atom is 0.416 e. The zero-order valence-electron chi connectivity index (χ0n) is 21.3. The number of hydrogen-bond acceptors (Lipinski definition) is 4. The lowest BCUT2D eigenvalue weighted by Crippen LogP contribution is -2.43. The molecule has 0 amide bonds. The molecular formula is C28H24ClF4NO5S. The molecule has 0 bridgehead atoms. The van der Waals surface area contributed by atoms with E-state index in [0.29, 0.717) is 22.8 Å². The van der Waals surface area contributed by atoms with Crippen LogP contribution in [0.1, 0.15) is 42.0 Å². The van der Waals surface area contributed by atoms with Crippen LogP contribution in [0.5, 0.6) is 5.75 Å². The minimum Gasteiger partial charge on any atom is -0.486 e. The van der Waals surface area contributed by atoms with E-state index in [1.807, 2.05) is 0 Å². The molecule has 1 aliphatic rings. The van der Waals surface area contributed by atoms with E-state index >= 15 is 0 Å². The Morgan fingerprint density at radius 3 is 2.52 bits per heavy atom. The summed E-state index contributed by atoms with van der Waals surface area (Å²) < 4.78 is 89.0. The van der Waals surface area contributed by atoms with Crippen LogP contribution < -0.4 is 9.04 Å². The Balaban J connectivity index is 1.84. The number of rotatable bonds is 7. The van der Waals surface area contributed by atoms with Gasteiger partial charge in [0.05, 0.1) is 27.7 Å². The Hall–Kier alpha value is -3.57. The highest BCUT2D eigenvalue weighted by Gasteiger charge is 2.37. The number of aryl methyl sites for hydroxylation is 1. The number of nitrogens with zero attached hydrogens (tertiary/aromatic N) is 1. The van der Waals surface area contributed by atoms with Crippen molar-refractivity contribution in [3.63, 3.8) is 0 Å². The van der Waals surface area contributed by atoms with Crippen LogP contribution in [0.3, 0.4) is 0 Å². The molecule has 1 aliphatic heterocycles. The smallest absolute Gasteiger partial charge is 0.416 e. The van der Waals surface area contributed by atoms with E-state index in [4.69, 9.17) is 21.4 Å². The Kier molecular flexibility index (Phi) is 8.18. The summed E-state index contributed by atoms with van der Waals surface area (Å²) in [5.41, 5.74) is 0.658. The second-order valence-corrected chi connectivity index (χ2v) is 11.6. The number of halogens is 5. The molecule has 6 nitrogen and oxygen atoms in total. The summed E-state index contributed by atoms with van der Waals surface area (Å²) in [5.74, 6) is -1.54. The van der Waals surface area contributed by atoms with E-state index in [2.05, 4.69) is 0 Å². The van der Waals surface area contributed by atoms with E-state index in [1.165, 1.54) is 24.3 Å². The summed E-state index contributed by atoms with van der Waals surface area (Å²) in [6.07, 6.45) is -4.36. The van der Waals surface area contributed by atoms with Gasteiger partial charge in [-0.15, -0.1) is 0 Å². The molecule has 0 radical (unpaired) electrons. The summed E-state index contributed by atoms with van der Waals surface area (Å²) in [7, 11) is -4.55. The standard InChI is InChI=1S/C28H24ClF4NO5S/c1-16-12-25-24(13-18(16)11-17(2)27-22(29)7-4-8-23(27)30)34(15-20(39-25)9-10-26(35)36)40(37,38)21-6-3-5-19(14-21)28(31,32)33/h3-8,11-14,20H,9-10,15H2,1-2H3,(H,35,36). The minimum absolute atomic E-state index is 0.0328. The van der Waals surface area contributed by atoms with E-state index in [9.17, 15) is 30.8 Å². The van der Waals surface area contributed by atoms with Crippen LogP contribution in [0.4, 0.5) is 23.2 Å². The number of hydrogen-bond donors (Lipinski definition) is 1. The number of ether oxygens (including phenoxy) is 1. The third-order valence-corrected chi connectivity index (χ3v) is 8.53. The average molecular weight is 598 g/mol. The Morgan fingerprint density at radius 1 is 1.18 bits per heavy atom. The number of benzene rings is 3. The topological polar surface area (TPSA) is 83.9 Å². The fourth-order valence-corrected chi connectivity index (χ4v) is 6.29. The van der Waals surface area contributed by atoms with Crippen LogP contribution in [0.2, 0.25) is 5.02 Å². The molecule has 4 rings (SSSR count). The van der Waals surface area contributed by atoms with Crippen LogP contribution in [0.15, 0.2) is 59.5 Å². The van der Waals surface area contributed by atoms with Gasteiger partial charge in [0, 0.05) is 12.0 Å². The summed E-state index contributed by atoms with van der Waals surface area (Å²) in [6, 6.07) is 10.7. The highest BCUT2D eigenvalue weighted by molar-refractivity contribution is 7.92. The van der Waals surface area contributed by atoms with Crippen LogP contribution in [0, 0.1) is 12.7 Å².